The average molecular weight is 659 g/mol. The Bertz CT molecular complexity index is 881. The zero-order valence-electron chi connectivity index (χ0n) is 29.1. The van der Waals surface area contributed by atoms with Gasteiger partial charge in [-0.15, -0.1) is 0 Å². The number of esters is 2. The lowest BCUT2D eigenvalue weighted by Gasteiger charge is -2.24. The maximum absolute atomic E-state index is 12.5. The SMILES string of the molecule is CC/C=C\C/C=C\C/C=C\CCCCCCCCCC(=O)OC(COC(=O)CCCCCC)COP(=O)(O)OCC[N+](C)(C)C. The second kappa shape index (κ2) is 28.5. The number of hydrogen-bond acceptors (Lipinski definition) is 7. The van der Waals surface area contributed by atoms with Crippen LogP contribution in [0.25, 0.3) is 0 Å². The predicted octanol–water partition coefficient (Wildman–Crippen LogP) is 8.62. The molecule has 2 atom stereocenters. The Labute approximate surface area is 274 Å². The van der Waals surface area contributed by atoms with Crippen molar-refractivity contribution in [1.29, 1.82) is 0 Å². The molecule has 0 aromatic carbocycles. The Kier molecular flexibility index (Phi) is 27.3. The fourth-order valence-electron chi connectivity index (χ4n) is 4.20. The second-order valence-corrected chi connectivity index (χ2v) is 14.0. The van der Waals surface area contributed by atoms with Crippen LogP contribution in [-0.4, -0.2) is 74.9 Å². The van der Waals surface area contributed by atoms with Crippen LogP contribution < -0.4 is 0 Å². The highest BCUT2D eigenvalue weighted by atomic mass is 31.2. The first-order chi connectivity index (χ1) is 21.5. The minimum atomic E-state index is -4.35. The van der Waals surface area contributed by atoms with Gasteiger partial charge in [0.25, 0.3) is 0 Å². The summed E-state index contributed by atoms with van der Waals surface area (Å²) in [6.07, 6.45) is 28.2. The first kappa shape index (κ1) is 43.2. The fourth-order valence-corrected chi connectivity index (χ4v) is 4.94. The highest BCUT2D eigenvalue weighted by molar-refractivity contribution is 7.47. The van der Waals surface area contributed by atoms with Gasteiger partial charge in [0.1, 0.15) is 19.8 Å². The summed E-state index contributed by atoms with van der Waals surface area (Å²) in [4.78, 5) is 34.7. The molecule has 0 radical (unpaired) electrons. The summed E-state index contributed by atoms with van der Waals surface area (Å²) < 4.78 is 33.8. The standard InChI is InChI=1S/C35H64NO8P/c1-6-8-10-12-13-14-15-16-17-18-19-20-21-22-23-24-26-28-35(38)44-33(31-41-34(37)27-25-11-9-7-2)32-43-45(39,40)42-30-29-36(3,4)5/h8,10,13-14,16-17,33H,6-7,9,11-12,15,18-32H2,1-5H3/p+1/b10-8-,14-13-,17-16-. The summed E-state index contributed by atoms with van der Waals surface area (Å²) in [6.45, 7) is 4.13. The van der Waals surface area contributed by atoms with Gasteiger partial charge in [0.2, 0.25) is 0 Å². The van der Waals surface area contributed by atoms with Crippen LogP contribution in [-0.2, 0) is 32.7 Å². The van der Waals surface area contributed by atoms with Crippen LogP contribution in [0.3, 0.4) is 0 Å². The summed E-state index contributed by atoms with van der Waals surface area (Å²) in [7, 11) is 1.46. The van der Waals surface area contributed by atoms with Gasteiger partial charge in [-0.25, -0.2) is 4.57 Å². The van der Waals surface area contributed by atoms with Crippen LogP contribution >= 0.6 is 7.82 Å². The van der Waals surface area contributed by atoms with Gasteiger partial charge in [0.05, 0.1) is 27.7 Å². The third kappa shape index (κ3) is 32.0. The van der Waals surface area contributed by atoms with Crippen molar-refractivity contribution in [1.82, 2.24) is 0 Å². The minimum Gasteiger partial charge on any atom is -0.462 e. The molecule has 0 heterocycles. The number of carbonyl (C=O) groups is 2. The van der Waals surface area contributed by atoms with Crippen LogP contribution in [0.2, 0.25) is 0 Å². The summed E-state index contributed by atoms with van der Waals surface area (Å²) in [5, 5.41) is 0. The molecule has 0 fully saturated rings. The van der Waals surface area contributed by atoms with Crippen molar-refractivity contribution < 1.29 is 42.1 Å². The van der Waals surface area contributed by atoms with Gasteiger partial charge in [-0.05, 0) is 44.9 Å². The Morgan fingerprint density at radius 1 is 0.711 bits per heavy atom. The van der Waals surface area contributed by atoms with Gasteiger partial charge in [-0.2, -0.15) is 0 Å². The molecule has 0 saturated carbocycles. The number of rotatable bonds is 30. The third-order valence-corrected chi connectivity index (χ3v) is 7.92. The summed E-state index contributed by atoms with van der Waals surface area (Å²) in [5.41, 5.74) is 0. The van der Waals surface area contributed by atoms with E-state index >= 15 is 0 Å². The second-order valence-electron chi connectivity index (χ2n) is 12.5. The van der Waals surface area contributed by atoms with Crippen LogP contribution in [0.5, 0.6) is 0 Å². The van der Waals surface area contributed by atoms with Crippen LogP contribution in [0.1, 0.15) is 123 Å². The lowest BCUT2D eigenvalue weighted by molar-refractivity contribution is -0.870. The topological polar surface area (TPSA) is 108 Å². The van der Waals surface area contributed by atoms with E-state index in [1.807, 2.05) is 21.1 Å². The number of nitrogens with zero attached hydrogens (tertiary/aromatic N) is 1. The number of hydrogen-bond donors (Lipinski definition) is 1. The molecule has 1 N–H and O–H groups in total. The molecular weight excluding hydrogens is 593 g/mol. The molecule has 0 aliphatic rings. The van der Waals surface area contributed by atoms with E-state index in [9.17, 15) is 19.0 Å². The summed E-state index contributed by atoms with van der Waals surface area (Å²) in [5.74, 6) is -0.835. The van der Waals surface area contributed by atoms with Crippen LogP contribution in [0.4, 0.5) is 0 Å². The molecule has 10 heteroatoms. The third-order valence-electron chi connectivity index (χ3n) is 6.93. The monoisotopic (exact) mass is 658 g/mol. The number of allylic oxidation sites excluding steroid dienone is 6. The molecule has 0 rings (SSSR count). The fraction of sp³-hybridized carbons (Fsp3) is 0.771. The molecule has 0 aromatic rings. The Morgan fingerprint density at radius 2 is 1.27 bits per heavy atom. The van der Waals surface area contributed by atoms with Crippen molar-refractivity contribution in [3.05, 3.63) is 36.5 Å². The lowest BCUT2D eigenvalue weighted by atomic mass is 10.1. The van der Waals surface area contributed by atoms with E-state index in [2.05, 4.69) is 50.3 Å². The van der Waals surface area contributed by atoms with Crippen molar-refractivity contribution in [3.8, 4) is 0 Å². The number of phosphoric ester groups is 1. The highest BCUT2D eigenvalue weighted by Gasteiger charge is 2.27. The Morgan fingerprint density at radius 3 is 1.89 bits per heavy atom. The van der Waals surface area contributed by atoms with E-state index in [0.29, 0.717) is 17.4 Å². The van der Waals surface area contributed by atoms with Crippen molar-refractivity contribution in [2.45, 2.75) is 129 Å². The van der Waals surface area contributed by atoms with Crippen LogP contribution in [0, 0.1) is 0 Å². The molecule has 0 amide bonds. The molecule has 0 aliphatic heterocycles. The molecule has 0 spiro atoms. The largest absolute Gasteiger partial charge is 0.472 e. The number of carbonyl (C=O) groups excluding carboxylic acids is 2. The number of unbranched alkanes of at least 4 members (excludes halogenated alkanes) is 10. The predicted molar refractivity (Wildman–Crippen MR) is 183 cm³/mol. The number of ether oxygens (including phenoxy) is 2. The van der Waals surface area contributed by atoms with E-state index in [1.54, 1.807) is 0 Å². The summed E-state index contributed by atoms with van der Waals surface area (Å²) in [6, 6.07) is 0. The molecular formula is C35H65NO8P+. The quantitative estimate of drug-likeness (QED) is 0.0269. The Hall–Kier alpha value is -1.77. The molecule has 0 aliphatic carbocycles. The van der Waals surface area contributed by atoms with Gasteiger partial charge in [-0.3, -0.25) is 18.6 Å². The van der Waals surface area contributed by atoms with Gasteiger partial charge >= 0.3 is 19.8 Å². The normalized spacial score (nSPS) is 14.4. The summed E-state index contributed by atoms with van der Waals surface area (Å²) >= 11 is 0. The van der Waals surface area contributed by atoms with Gasteiger partial charge in [0, 0.05) is 12.8 Å². The maximum Gasteiger partial charge on any atom is 0.472 e. The highest BCUT2D eigenvalue weighted by Crippen LogP contribution is 2.43. The first-order valence-corrected chi connectivity index (χ1v) is 18.7. The molecule has 0 bridgehead atoms. The first-order valence-electron chi connectivity index (χ1n) is 17.2. The minimum absolute atomic E-state index is 0.0287. The van der Waals surface area contributed by atoms with Crippen LogP contribution in [0.15, 0.2) is 36.5 Å². The van der Waals surface area contributed by atoms with Gasteiger partial charge in [-0.1, -0.05) is 102 Å². The number of likely N-dealkylation sites (N-methyl/N-ethyl adjacent to an activating group) is 1. The molecule has 9 nitrogen and oxygen atoms in total. The van der Waals surface area contributed by atoms with E-state index in [0.717, 1.165) is 70.6 Å². The van der Waals surface area contributed by atoms with E-state index in [4.69, 9.17) is 18.5 Å². The zero-order valence-corrected chi connectivity index (χ0v) is 30.0. The Balaban J connectivity index is 4.33. The molecule has 0 saturated heterocycles. The average Bonchev–Trinajstić information content (AvgIpc) is 2.97. The van der Waals surface area contributed by atoms with Crippen molar-refractivity contribution >= 4 is 19.8 Å². The smallest absolute Gasteiger partial charge is 0.462 e. The lowest BCUT2D eigenvalue weighted by Crippen LogP contribution is -2.37. The van der Waals surface area contributed by atoms with Crippen molar-refractivity contribution in [2.24, 2.45) is 0 Å². The zero-order chi connectivity index (χ0) is 33.7. The molecule has 262 valence electrons. The molecule has 2 unspecified atom stereocenters. The van der Waals surface area contributed by atoms with E-state index in [1.165, 1.54) is 19.3 Å². The number of phosphoric acid groups is 1. The molecule has 45 heavy (non-hydrogen) atoms. The van der Waals surface area contributed by atoms with Gasteiger partial charge in [0.15, 0.2) is 6.10 Å². The van der Waals surface area contributed by atoms with Crippen molar-refractivity contribution in [3.63, 3.8) is 0 Å². The van der Waals surface area contributed by atoms with Crippen molar-refractivity contribution in [2.75, 3.05) is 47.5 Å². The molecule has 0 aromatic heterocycles. The maximum atomic E-state index is 12.5. The number of quaternary nitrogens is 1. The van der Waals surface area contributed by atoms with E-state index < -0.39 is 32.5 Å². The van der Waals surface area contributed by atoms with E-state index in [-0.39, 0.29) is 26.1 Å². The van der Waals surface area contributed by atoms with Gasteiger partial charge < -0.3 is 18.9 Å².